The van der Waals surface area contributed by atoms with Crippen molar-refractivity contribution < 1.29 is 14.1 Å². The fraction of sp³-hybridized carbons (Fsp3) is 0.545. The third-order valence-electron chi connectivity index (χ3n) is 5.77. The van der Waals surface area contributed by atoms with Gasteiger partial charge in [0.1, 0.15) is 11.3 Å². The van der Waals surface area contributed by atoms with Crippen molar-refractivity contribution in [1.29, 1.82) is 0 Å². The number of hydrogen-bond acceptors (Lipinski definition) is 5. The van der Waals surface area contributed by atoms with Crippen LogP contribution in [0.2, 0.25) is 0 Å². The van der Waals surface area contributed by atoms with Crippen molar-refractivity contribution in [2.45, 2.75) is 58.9 Å². The zero-order valence-electron chi connectivity index (χ0n) is 17.4. The van der Waals surface area contributed by atoms with Crippen LogP contribution < -0.4 is 10.6 Å². The molecule has 0 radical (unpaired) electrons. The summed E-state index contributed by atoms with van der Waals surface area (Å²) in [4.78, 5) is 28.7. The molecule has 1 atom stereocenters. The monoisotopic (exact) mass is 398 g/mol. The Balaban J connectivity index is 1.55. The molecule has 1 aliphatic carbocycles. The number of rotatable bonds is 7. The Morgan fingerprint density at radius 3 is 2.62 bits per heavy atom. The lowest BCUT2D eigenvalue weighted by molar-refractivity contribution is -0.120. The Kier molecular flexibility index (Phi) is 7.01. The van der Waals surface area contributed by atoms with Crippen LogP contribution in [0, 0.1) is 18.8 Å². The van der Waals surface area contributed by atoms with E-state index in [2.05, 4.69) is 20.8 Å². The highest BCUT2D eigenvalue weighted by Gasteiger charge is 2.30. The van der Waals surface area contributed by atoms with Crippen LogP contribution in [0.4, 0.5) is 0 Å². The van der Waals surface area contributed by atoms with Crippen LogP contribution in [0.3, 0.4) is 0 Å². The number of nitrogens with one attached hydrogen (secondary N) is 2. The summed E-state index contributed by atoms with van der Waals surface area (Å²) < 4.78 is 5.16. The van der Waals surface area contributed by atoms with Crippen molar-refractivity contribution in [3.8, 4) is 0 Å². The minimum Gasteiger partial charge on any atom is -0.361 e. The average Bonchev–Trinajstić information content (AvgIpc) is 3.12. The molecule has 7 nitrogen and oxygen atoms in total. The summed E-state index contributed by atoms with van der Waals surface area (Å²) in [6.07, 6.45) is 6.45. The van der Waals surface area contributed by atoms with E-state index in [4.69, 9.17) is 4.52 Å². The molecule has 29 heavy (non-hydrogen) atoms. The minimum atomic E-state index is -0.104. The molecule has 2 N–H and O–H groups in total. The molecule has 1 unspecified atom stereocenters. The fourth-order valence-corrected chi connectivity index (χ4v) is 4.21. The van der Waals surface area contributed by atoms with Gasteiger partial charge in [-0.05, 0) is 63.0 Å². The quantitative estimate of drug-likeness (QED) is 0.745. The molecule has 2 amide bonds. The van der Waals surface area contributed by atoms with Crippen molar-refractivity contribution in [1.82, 2.24) is 20.8 Å². The van der Waals surface area contributed by atoms with Crippen molar-refractivity contribution in [3.05, 3.63) is 47.1 Å². The van der Waals surface area contributed by atoms with Crippen molar-refractivity contribution >= 4 is 11.8 Å². The van der Waals surface area contributed by atoms with Gasteiger partial charge in [-0.3, -0.25) is 14.6 Å². The largest absolute Gasteiger partial charge is 0.361 e. The summed E-state index contributed by atoms with van der Waals surface area (Å²) in [5, 5.41) is 10.1. The summed E-state index contributed by atoms with van der Waals surface area (Å²) in [6.45, 7) is 5.93. The van der Waals surface area contributed by atoms with Crippen LogP contribution >= 0.6 is 0 Å². The first-order valence-electron chi connectivity index (χ1n) is 10.4. The highest BCUT2D eigenvalue weighted by atomic mass is 16.5. The molecule has 0 saturated heterocycles. The molecule has 0 aromatic carbocycles. The highest BCUT2D eigenvalue weighted by Crippen LogP contribution is 2.36. The molecule has 156 valence electrons. The second kappa shape index (κ2) is 9.67. The van der Waals surface area contributed by atoms with E-state index in [-0.39, 0.29) is 17.9 Å². The van der Waals surface area contributed by atoms with E-state index in [0.29, 0.717) is 41.8 Å². The highest BCUT2D eigenvalue weighted by molar-refractivity contribution is 5.96. The van der Waals surface area contributed by atoms with Gasteiger partial charge < -0.3 is 15.2 Å². The Labute approximate surface area is 171 Å². The van der Waals surface area contributed by atoms with Gasteiger partial charge in [0.05, 0.1) is 17.4 Å². The number of aryl methyl sites for hydroxylation is 2. The minimum absolute atomic E-state index is 0.0362. The predicted molar refractivity (Wildman–Crippen MR) is 109 cm³/mol. The van der Waals surface area contributed by atoms with Crippen LogP contribution in [-0.4, -0.2) is 28.5 Å². The van der Waals surface area contributed by atoms with E-state index in [1.165, 1.54) is 0 Å². The van der Waals surface area contributed by atoms with E-state index in [1.807, 2.05) is 25.1 Å². The first-order chi connectivity index (χ1) is 14.0. The van der Waals surface area contributed by atoms with Gasteiger partial charge in [-0.15, -0.1) is 0 Å². The van der Waals surface area contributed by atoms with Gasteiger partial charge in [-0.1, -0.05) is 18.1 Å². The maximum absolute atomic E-state index is 12.6. The second-order valence-electron chi connectivity index (χ2n) is 7.84. The van der Waals surface area contributed by atoms with Gasteiger partial charge in [0, 0.05) is 19.7 Å². The maximum Gasteiger partial charge on any atom is 0.256 e. The molecule has 2 aromatic heterocycles. The van der Waals surface area contributed by atoms with Gasteiger partial charge in [0.2, 0.25) is 5.91 Å². The first kappa shape index (κ1) is 21.0. The molecule has 3 rings (SSSR count). The zero-order chi connectivity index (χ0) is 20.8. The third kappa shape index (κ3) is 5.22. The Morgan fingerprint density at radius 1 is 1.24 bits per heavy atom. The van der Waals surface area contributed by atoms with Crippen molar-refractivity contribution in [2.75, 3.05) is 6.54 Å². The molecule has 2 heterocycles. The maximum atomic E-state index is 12.6. The van der Waals surface area contributed by atoms with Crippen LogP contribution in [0.5, 0.6) is 0 Å². The van der Waals surface area contributed by atoms with Crippen LogP contribution in [0.15, 0.2) is 28.9 Å². The normalized spacial score (nSPS) is 20.1. The van der Waals surface area contributed by atoms with Crippen molar-refractivity contribution in [3.63, 3.8) is 0 Å². The lowest BCUT2D eigenvalue weighted by Crippen LogP contribution is -2.36. The predicted octanol–water partition coefficient (Wildman–Crippen LogP) is 3.35. The number of hydrogen-bond donors (Lipinski definition) is 2. The summed E-state index contributed by atoms with van der Waals surface area (Å²) in [5.74, 6) is 1.21. The Bertz CT molecular complexity index is 826. The number of aromatic nitrogens is 2. The number of carbonyl (C=O) groups is 2. The molecule has 0 aliphatic heterocycles. The molecule has 0 spiro atoms. The number of carbonyl (C=O) groups excluding carboxylic acids is 2. The first-order valence-corrected chi connectivity index (χ1v) is 10.4. The lowest BCUT2D eigenvalue weighted by Gasteiger charge is -2.34. The molecule has 7 heteroatoms. The van der Waals surface area contributed by atoms with E-state index >= 15 is 0 Å². The van der Waals surface area contributed by atoms with Gasteiger partial charge in [-0.2, -0.15) is 0 Å². The molecular formula is C22H30N4O3. The Morgan fingerprint density at radius 2 is 2.00 bits per heavy atom. The molecular weight excluding hydrogens is 368 g/mol. The van der Waals surface area contributed by atoms with Gasteiger partial charge in [-0.25, -0.2) is 0 Å². The van der Waals surface area contributed by atoms with Gasteiger partial charge in [0.15, 0.2) is 0 Å². The number of amides is 2. The second-order valence-corrected chi connectivity index (χ2v) is 7.84. The molecule has 2 aromatic rings. The third-order valence-corrected chi connectivity index (χ3v) is 5.77. The molecule has 1 aliphatic rings. The zero-order valence-corrected chi connectivity index (χ0v) is 17.4. The molecule has 1 fully saturated rings. The van der Waals surface area contributed by atoms with E-state index in [1.54, 1.807) is 20.0 Å². The SMILES string of the molecule is CCc1noc(C)c1C(=O)NCC1CCC(C(NC(C)=O)c2ccccn2)CC1. The van der Waals surface area contributed by atoms with Crippen LogP contribution in [-0.2, 0) is 11.2 Å². The van der Waals surface area contributed by atoms with Crippen molar-refractivity contribution in [2.24, 2.45) is 11.8 Å². The summed E-state index contributed by atoms with van der Waals surface area (Å²) in [6, 6.07) is 5.75. The topological polar surface area (TPSA) is 97.1 Å². The standard InChI is InChI=1S/C22H30N4O3/c1-4-18-20(14(2)29-26-18)22(28)24-13-16-8-10-17(11-9-16)21(25-15(3)27)19-7-5-6-12-23-19/h5-7,12,16-17,21H,4,8-11,13H2,1-3H3,(H,24,28)(H,25,27). The molecule has 1 saturated carbocycles. The van der Waals surface area contributed by atoms with Crippen LogP contribution in [0.1, 0.15) is 73.1 Å². The average molecular weight is 399 g/mol. The smallest absolute Gasteiger partial charge is 0.256 e. The Hall–Kier alpha value is -2.70. The summed E-state index contributed by atoms with van der Waals surface area (Å²) >= 11 is 0. The fourth-order valence-electron chi connectivity index (χ4n) is 4.21. The van der Waals surface area contributed by atoms with E-state index in [0.717, 1.165) is 31.4 Å². The van der Waals surface area contributed by atoms with Crippen LogP contribution in [0.25, 0.3) is 0 Å². The van der Waals surface area contributed by atoms with Gasteiger partial charge >= 0.3 is 0 Å². The molecule has 0 bridgehead atoms. The lowest BCUT2D eigenvalue weighted by atomic mass is 9.77. The van der Waals surface area contributed by atoms with E-state index in [9.17, 15) is 9.59 Å². The summed E-state index contributed by atoms with van der Waals surface area (Å²) in [5.41, 5.74) is 2.19. The van der Waals surface area contributed by atoms with E-state index < -0.39 is 0 Å². The number of pyridine rings is 1. The van der Waals surface area contributed by atoms with Gasteiger partial charge in [0.25, 0.3) is 5.91 Å². The number of nitrogens with zero attached hydrogens (tertiary/aromatic N) is 2. The summed E-state index contributed by atoms with van der Waals surface area (Å²) in [7, 11) is 0.